The molecule has 0 unspecified atom stereocenters. The van der Waals surface area contributed by atoms with E-state index in [4.69, 9.17) is 4.74 Å². The average molecular weight is 402 g/mol. The molecule has 0 saturated carbocycles. The van der Waals surface area contributed by atoms with Crippen molar-refractivity contribution in [2.45, 2.75) is 13.1 Å². The van der Waals surface area contributed by atoms with E-state index in [1.54, 1.807) is 42.5 Å². The van der Waals surface area contributed by atoms with Crippen molar-refractivity contribution in [1.82, 2.24) is 9.97 Å². The maximum Gasteiger partial charge on any atom is 0.421 e. The molecular weight excluding hydrogens is 385 g/mol. The summed E-state index contributed by atoms with van der Waals surface area (Å²) in [6.45, 7) is 1.38. The molecule has 29 heavy (non-hydrogen) atoms. The first-order chi connectivity index (χ1) is 13.8. The molecule has 1 heterocycles. The number of carbonyl (C=O) groups excluding carboxylic acids is 1. The summed E-state index contributed by atoms with van der Waals surface area (Å²) in [5.74, 6) is -0.0934. The molecule has 150 valence electrons. The summed E-state index contributed by atoms with van der Waals surface area (Å²) in [6.07, 6.45) is -3.96. The molecule has 1 aromatic heterocycles. The van der Waals surface area contributed by atoms with Crippen molar-refractivity contribution in [3.8, 4) is 5.75 Å². The number of Topliss-reactive ketones (excluding diaryl/α,β-unsaturated/α-hetero) is 1. The number of aromatic nitrogens is 2. The van der Waals surface area contributed by atoms with Gasteiger partial charge in [0.05, 0.1) is 7.11 Å². The fourth-order valence-corrected chi connectivity index (χ4v) is 2.53. The number of rotatable bonds is 6. The molecule has 0 fully saturated rings. The van der Waals surface area contributed by atoms with Crippen LogP contribution in [-0.4, -0.2) is 22.9 Å². The van der Waals surface area contributed by atoms with E-state index in [-0.39, 0.29) is 11.7 Å². The van der Waals surface area contributed by atoms with E-state index < -0.39 is 17.6 Å². The van der Waals surface area contributed by atoms with Gasteiger partial charge in [0, 0.05) is 29.2 Å². The molecule has 6 nitrogen and oxygen atoms in total. The Hall–Kier alpha value is -3.62. The number of benzene rings is 2. The van der Waals surface area contributed by atoms with Gasteiger partial charge in [-0.2, -0.15) is 18.2 Å². The van der Waals surface area contributed by atoms with Crippen LogP contribution in [0.25, 0.3) is 0 Å². The monoisotopic (exact) mass is 402 g/mol. The lowest BCUT2D eigenvalue weighted by Gasteiger charge is -2.15. The minimum Gasteiger partial charge on any atom is -0.497 e. The normalized spacial score (nSPS) is 11.1. The van der Waals surface area contributed by atoms with Crippen molar-refractivity contribution in [2.75, 3.05) is 17.7 Å². The Morgan fingerprint density at radius 1 is 1.03 bits per heavy atom. The third-order valence-electron chi connectivity index (χ3n) is 3.95. The highest BCUT2D eigenvalue weighted by atomic mass is 19.4. The van der Waals surface area contributed by atoms with Gasteiger partial charge in [-0.05, 0) is 31.2 Å². The number of nitrogens with one attached hydrogen (secondary N) is 2. The van der Waals surface area contributed by atoms with Crippen molar-refractivity contribution >= 4 is 28.9 Å². The minimum atomic E-state index is -4.66. The van der Waals surface area contributed by atoms with E-state index in [2.05, 4.69) is 20.6 Å². The molecule has 0 atom stereocenters. The molecule has 0 aliphatic heterocycles. The van der Waals surface area contributed by atoms with Gasteiger partial charge in [0.2, 0.25) is 5.95 Å². The first-order valence-electron chi connectivity index (χ1n) is 8.49. The SMILES string of the molecule is COc1cccc(Nc2ncc(C(F)(F)F)c(Nc3cccc(C(C)=O)c3)n2)c1. The van der Waals surface area contributed by atoms with Crippen molar-refractivity contribution < 1.29 is 22.7 Å². The molecule has 0 spiro atoms. The molecule has 0 radical (unpaired) electrons. The van der Waals surface area contributed by atoms with Crippen molar-refractivity contribution in [3.63, 3.8) is 0 Å². The van der Waals surface area contributed by atoms with Crippen molar-refractivity contribution in [3.05, 3.63) is 65.9 Å². The fraction of sp³-hybridized carbons (Fsp3) is 0.150. The predicted molar refractivity (Wildman–Crippen MR) is 103 cm³/mol. The number of ketones is 1. The Labute approximate surface area is 164 Å². The number of hydrogen-bond donors (Lipinski definition) is 2. The summed E-state index contributed by atoms with van der Waals surface area (Å²) in [5, 5.41) is 5.48. The molecule has 0 amide bonds. The number of nitrogens with zero attached hydrogens (tertiary/aromatic N) is 2. The van der Waals surface area contributed by atoms with Crippen LogP contribution < -0.4 is 15.4 Å². The van der Waals surface area contributed by atoms with E-state index in [0.29, 0.717) is 28.9 Å². The lowest BCUT2D eigenvalue weighted by molar-refractivity contribution is -0.137. The quantitative estimate of drug-likeness (QED) is 0.553. The number of alkyl halides is 3. The van der Waals surface area contributed by atoms with Crippen LogP contribution in [0.5, 0.6) is 5.75 Å². The van der Waals surface area contributed by atoms with E-state index in [1.807, 2.05) is 0 Å². The maximum atomic E-state index is 13.4. The highest BCUT2D eigenvalue weighted by Crippen LogP contribution is 2.35. The summed E-state index contributed by atoms with van der Waals surface area (Å²) in [7, 11) is 1.50. The molecule has 3 rings (SSSR count). The molecule has 0 saturated heterocycles. The first-order valence-corrected chi connectivity index (χ1v) is 8.49. The van der Waals surface area contributed by atoms with E-state index in [0.717, 1.165) is 0 Å². The Morgan fingerprint density at radius 3 is 2.38 bits per heavy atom. The van der Waals surface area contributed by atoms with Crippen molar-refractivity contribution in [2.24, 2.45) is 0 Å². The highest BCUT2D eigenvalue weighted by Gasteiger charge is 2.35. The molecule has 0 aliphatic carbocycles. The summed E-state index contributed by atoms with van der Waals surface area (Å²) in [5.41, 5.74) is 0.192. The second-order valence-corrected chi connectivity index (χ2v) is 6.07. The molecule has 0 bridgehead atoms. The zero-order chi connectivity index (χ0) is 21.0. The topological polar surface area (TPSA) is 76.1 Å². The first kappa shape index (κ1) is 20.1. The number of methoxy groups -OCH3 is 1. The van der Waals surface area contributed by atoms with Crippen molar-refractivity contribution in [1.29, 1.82) is 0 Å². The third-order valence-corrected chi connectivity index (χ3v) is 3.95. The number of carbonyl (C=O) groups is 1. The maximum absolute atomic E-state index is 13.4. The van der Waals surface area contributed by atoms with E-state index >= 15 is 0 Å². The highest BCUT2D eigenvalue weighted by molar-refractivity contribution is 5.95. The van der Waals surface area contributed by atoms with Crippen LogP contribution in [0.2, 0.25) is 0 Å². The zero-order valence-corrected chi connectivity index (χ0v) is 15.5. The van der Waals surface area contributed by atoms with Gasteiger partial charge in [-0.1, -0.05) is 18.2 Å². The van der Waals surface area contributed by atoms with Crippen LogP contribution in [0.3, 0.4) is 0 Å². The Morgan fingerprint density at radius 2 is 1.72 bits per heavy atom. The van der Waals surface area contributed by atoms with Crippen LogP contribution >= 0.6 is 0 Å². The summed E-state index contributed by atoms with van der Waals surface area (Å²) in [6, 6.07) is 13.0. The zero-order valence-electron chi connectivity index (χ0n) is 15.5. The molecule has 3 aromatic rings. The van der Waals surface area contributed by atoms with Crippen LogP contribution in [0.4, 0.5) is 36.3 Å². The Balaban J connectivity index is 1.96. The predicted octanol–water partition coefficient (Wildman–Crippen LogP) is 5.19. The Kier molecular flexibility index (Phi) is 5.67. The van der Waals surface area contributed by atoms with Gasteiger partial charge >= 0.3 is 6.18 Å². The molecule has 9 heteroatoms. The van der Waals surface area contributed by atoms with Crippen LogP contribution in [0, 0.1) is 0 Å². The lowest BCUT2D eigenvalue weighted by atomic mass is 10.1. The van der Waals surface area contributed by atoms with Gasteiger partial charge in [0.25, 0.3) is 0 Å². The van der Waals surface area contributed by atoms with Gasteiger partial charge in [0.15, 0.2) is 5.78 Å². The lowest BCUT2D eigenvalue weighted by Crippen LogP contribution is -2.12. The van der Waals surface area contributed by atoms with Crippen LogP contribution in [0.1, 0.15) is 22.8 Å². The van der Waals surface area contributed by atoms with Crippen LogP contribution in [-0.2, 0) is 6.18 Å². The fourth-order valence-electron chi connectivity index (χ4n) is 2.53. The summed E-state index contributed by atoms with van der Waals surface area (Å²) >= 11 is 0. The van der Waals surface area contributed by atoms with E-state index in [9.17, 15) is 18.0 Å². The number of hydrogen-bond acceptors (Lipinski definition) is 6. The summed E-state index contributed by atoms with van der Waals surface area (Å²) < 4.78 is 45.3. The second kappa shape index (κ2) is 8.17. The standard InChI is InChI=1S/C20H17F3N4O2/c1-12(28)13-5-3-6-14(9-13)25-18-17(20(21,22)23)11-24-19(27-18)26-15-7-4-8-16(10-15)29-2/h3-11H,1-2H3,(H2,24,25,26,27). The number of ether oxygens (including phenoxy) is 1. The Bertz CT molecular complexity index is 1040. The smallest absolute Gasteiger partial charge is 0.421 e. The van der Waals surface area contributed by atoms with E-state index in [1.165, 1.54) is 20.1 Å². The van der Waals surface area contributed by atoms with Gasteiger partial charge in [0.1, 0.15) is 17.1 Å². The molecule has 0 aliphatic rings. The van der Waals surface area contributed by atoms with Gasteiger partial charge in [-0.3, -0.25) is 4.79 Å². The molecule has 2 N–H and O–H groups in total. The van der Waals surface area contributed by atoms with Gasteiger partial charge in [-0.15, -0.1) is 0 Å². The summed E-state index contributed by atoms with van der Waals surface area (Å²) in [4.78, 5) is 19.3. The van der Waals surface area contributed by atoms with Gasteiger partial charge in [-0.25, -0.2) is 4.98 Å². The molecule has 2 aromatic carbocycles. The number of anilines is 4. The number of halogens is 3. The average Bonchev–Trinajstić information content (AvgIpc) is 2.67. The van der Waals surface area contributed by atoms with Crippen LogP contribution in [0.15, 0.2) is 54.7 Å². The largest absolute Gasteiger partial charge is 0.497 e. The second-order valence-electron chi connectivity index (χ2n) is 6.07. The molecular formula is C20H17F3N4O2. The third kappa shape index (κ3) is 5.01. The minimum absolute atomic E-state index is 0.0310. The van der Waals surface area contributed by atoms with Gasteiger partial charge < -0.3 is 15.4 Å².